The minimum Gasteiger partial charge on any atom is -0.322 e. The monoisotopic (exact) mass is 306 g/mol. The quantitative estimate of drug-likeness (QED) is 0.616. The van der Waals surface area contributed by atoms with E-state index < -0.39 is 0 Å². The summed E-state index contributed by atoms with van der Waals surface area (Å²) in [5, 5.41) is 3.38. The molecule has 0 saturated carbocycles. The molecule has 0 aromatic heterocycles. The minimum absolute atomic E-state index is 0.155. The van der Waals surface area contributed by atoms with Crippen molar-refractivity contribution in [2.24, 2.45) is 5.18 Å². The standard InChI is InChI=1S/C11H12Cl2N2O2S/c1-7(11(16)15(2)6-14-17)18-10-4-3-8(12)5-9(10)13/h3-5,7H,6H2,1-2H3. The van der Waals surface area contributed by atoms with Gasteiger partial charge in [-0.1, -0.05) is 23.2 Å². The van der Waals surface area contributed by atoms with Crippen molar-refractivity contribution in [1.82, 2.24) is 4.90 Å². The third-order valence-corrected chi connectivity index (χ3v) is 4.02. The van der Waals surface area contributed by atoms with E-state index in [9.17, 15) is 9.70 Å². The molecular weight excluding hydrogens is 295 g/mol. The first-order valence-electron chi connectivity index (χ1n) is 5.11. The minimum atomic E-state index is -0.351. The normalized spacial score (nSPS) is 12.0. The fourth-order valence-electron chi connectivity index (χ4n) is 1.28. The van der Waals surface area contributed by atoms with Crippen molar-refractivity contribution < 1.29 is 4.79 Å². The van der Waals surface area contributed by atoms with Crippen molar-refractivity contribution in [3.8, 4) is 0 Å². The number of thioether (sulfide) groups is 1. The smallest absolute Gasteiger partial charge is 0.237 e. The van der Waals surface area contributed by atoms with Crippen molar-refractivity contribution in [3.05, 3.63) is 33.2 Å². The summed E-state index contributed by atoms with van der Waals surface area (Å²) < 4.78 is 0. The van der Waals surface area contributed by atoms with Gasteiger partial charge in [-0.3, -0.25) is 4.79 Å². The Morgan fingerprint density at radius 2 is 2.17 bits per heavy atom. The largest absolute Gasteiger partial charge is 0.322 e. The summed E-state index contributed by atoms with van der Waals surface area (Å²) in [7, 11) is 1.53. The number of nitrogens with zero attached hydrogens (tertiary/aromatic N) is 2. The summed E-state index contributed by atoms with van der Waals surface area (Å²) in [6.07, 6.45) is 0. The van der Waals surface area contributed by atoms with Gasteiger partial charge in [0.2, 0.25) is 5.91 Å². The number of rotatable bonds is 5. The third-order valence-electron chi connectivity index (χ3n) is 2.19. The molecule has 0 aliphatic heterocycles. The lowest BCUT2D eigenvalue weighted by molar-refractivity contribution is -0.128. The van der Waals surface area contributed by atoms with Gasteiger partial charge in [0.05, 0.1) is 10.3 Å². The van der Waals surface area contributed by atoms with Gasteiger partial charge < -0.3 is 4.90 Å². The van der Waals surface area contributed by atoms with Gasteiger partial charge in [-0.05, 0) is 30.3 Å². The van der Waals surface area contributed by atoms with Crippen molar-refractivity contribution >= 4 is 40.9 Å². The number of nitroso groups, excluding NO2 is 1. The number of benzene rings is 1. The van der Waals surface area contributed by atoms with Crippen molar-refractivity contribution in [2.45, 2.75) is 17.1 Å². The molecule has 4 nitrogen and oxygen atoms in total. The molecule has 0 aliphatic rings. The van der Waals surface area contributed by atoms with Gasteiger partial charge in [0.1, 0.15) is 0 Å². The number of halogens is 2. The number of carbonyl (C=O) groups is 1. The molecule has 0 saturated heterocycles. The molecule has 1 amide bonds. The van der Waals surface area contributed by atoms with Gasteiger partial charge in [-0.15, -0.1) is 16.7 Å². The van der Waals surface area contributed by atoms with Crippen LogP contribution in [0.25, 0.3) is 0 Å². The first-order valence-corrected chi connectivity index (χ1v) is 6.75. The summed E-state index contributed by atoms with van der Waals surface area (Å²) in [5.74, 6) is -0.175. The van der Waals surface area contributed by atoms with Crippen LogP contribution in [0.3, 0.4) is 0 Å². The van der Waals surface area contributed by atoms with E-state index in [1.54, 1.807) is 25.1 Å². The van der Waals surface area contributed by atoms with Crippen LogP contribution in [-0.4, -0.2) is 29.8 Å². The Labute approximate surface area is 120 Å². The van der Waals surface area contributed by atoms with Crippen molar-refractivity contribution in [1.29, 1.82) is 0 Å². The number of hydrogen-bond donors (Lipinski definition) is 0. The lowest BCUT2D eigenvalue weighted by atomic mass is 10.4. The predicted molar refractivity (Wildman–Crippen MR) is 75.2 cm³/mol. The van der Waals surface area contributed by atoms with E-state index in [2.05, 4.69) is 5.18 Å². The Hall–Kier alpha value is -0.780. The van der Waals surface area contributed by atoms with Gasteiger partial charge in [-0.25, -0.2) is 0 Å². The lowest BCUT2D eigenvalue weighted by Gasteiger charge is -2.18. The van der Waals surface area contributed by atoms with Gasteiger partial charge >= 0.3 is 0 Å². The van der Waals surface area contributed by atoms with Crippen LogP contribution in [0.5, 0.6) is 0 Å². The molecule has 98 valence electrons. The van der Waals surface area contributed by atoms with E-state index in [0.29, 0.717) is 10.0 Å². The summed E-state index contributed by atoms with van der Waals surface area (Å²) in [5.41, 5.74) is 0. The molecule has 1 rings (SSSR count). The summed E-state index contributed by atoms with van der Waals surface area (Å²) in [4.78, 5) is 24.0. The molecule has 0 N–H and O–H groups in total. The van der Waals surface area contributed by atoms with E-state index in [4.69, 9.17) is 23.2 Å². The molecule has 1 aromatic carbocycles. The highest BCUT2D eigenvalue weighted by Gasteiger charge is 2.19. The number of hydrogen-bond acceptors (Lipinski definition) is 4. The molecule has 0 spiro atoms. The fraction of sp³-hybridized carbons (Fsp3) is 0.364. The molecule has 0 bridgehead atoms. The molecule has 0 heterocycles. The summed E-state index contributed by atoms with van der Waals surface area (Å²) in [6, 6.07) is 5.10. The Morgan fingerprint density at radius 1 is 1.50 bits per heavy atom. The summed E-state index contributed by atoms with van der Waals surface area (Å²) in [6.45, 7) is 1.59. The molecule has 0 aliphatic carbocycles. The van der Waals surface area contributed by atoms with E-state index in [0.717, 1.165) is 4.90 Å². The molecule has 1 atom stereocenters. The van der Waals surface area contributed by atoms with E-state index in [-0.39, 0.29) is 17.8 Å². The fourth-order valence-corrected chi connectivity index (χ4v) is 2.80. The zero-order chi connectivity index (χ0) is 13.7. The predicted octanol–water partition coefficient (Wildman–Crippen LogP) is 3.66. The van der Waals surface area contributed by atoms with Crippen LogP contribution in [0.2, 0.25) is 10.0 Å². The topological polar surface area (TPSA) is 49.7 Å². The van der Waals surface area contributed by atoms with Crippen LogP contribution in [0.4, 0.5) is 0 Å². The van der Waals surface area contributed by atoms with Gasteiger partial charge in [0, 0.05) is 17.0 Å². The second-order valence-electron chi connectivity index (χ2n) is 3.64. The Kier molecular flexibility index (Phi) is 5.91. The molecule has 0 radical (unpaired) electrons. The molecule has 18 heavy (non-hydrogen) atoms. The van der Waals surface area contributed by atoms with E-state index >= 15 is 0 Å². The maximum absolute atomic E-state index is 11.9. The van der Waals surface area contributed by atoms with Crippen molar-refractivity contribution in [2.75, 3.05) is 13.7 Å². The highest BCUT2D eigenvalue weighted by atomic mass is 35.5. The zero-order valence-electron chi connectivity index (χ0n) is 9.89. The molecule has 1 unspecified atom stereocenters. The molecule has 0 fully saturated rings. The van der Waals surface area contributed by atoms with Crippen LogP contribution >= 0.6 is 35.0 Å². The van der Waals surface area contributed by atoms with Gasteiger partial charge in [-0.2, -0.15) is 0 Å². The van der Waals surface area contributed by atoms with Gasteiger partial charge in [0.15, 0.2) is 6.67 Å². The third kappa shape index (κ3) is 4.15. The first kappa shape index (κ1) is 15.3. The lowest BCUT2D eigenvalue weighted by Crippen LogP contribution is -2.33. The Bertz CT molecular complexity index is 457. The van der Waals surface area contributed by atoms with Crippen LogP contribution in [0, 0.1) is 4.91 Å². The molecule has 7 heteroatoms. The van der Waals surface area contributed by atoms with E-state index in [1.807, 2.05) is 0 Å². The van der Waals surface area contributed by atoms with E-state index in [1.165, 1.54) is 23.7 Å². The average molecular weight is 307 g/mol. The average Bonchev–Trinajstić information content (AvgIpc) is 2.32. The Morgan fingerprint density at radius 3 is 2.72 bits per heavy atom. The molecule has 1 aromatic rings. The second kappa shape index (κ2) is 6.97. The molecular formula is C11H12Cl2N2O2S. The maximum atomic E-state index is 11.9. The number of amides is 1. The van der Waals surface area contributed by atoms with Crippen LogP contribution in [0.1, 0.15) is 6.92 Å². The second-order valence-corrected chi connectivity index (χ2v) is 5.87. The van der Waals surface area contributed by atoms with Crippen molar-refractivity contribution in [3.63, 3.8) is 0 Å². The summed E-state index contributed by atoms with van der Waals surface area (Å²) >= 11 is 13.1. The maximum Gasteiger partial charge on any atom is 0.237 e. The van der Waals surface area contributed by atoms with Gasteiger partial charge in [0.25, 0.3) is 0 Å². The van der Waals surface area contributed by atoms with Crippen LogP contribution in [-0.2, 0) is 4.79 Å². The number of carbonyl (C=O) groups excluding carboxylic acids is 1. The van der Waals surface area contributed by atoms with Crippen LogP contribution < -0.4 is 0 Å². The highest BCUT2D eigenvalue weighted by molar-refractivity contribution is 8.00. The first-order chi connectivity index (χ1) is 8.45. The SMILES string of the molecule is CC(Sc1ccc(Cl)cc1Cl)C(=O)N(C)CN=O. The Balaban J connectivity index is 2.72. The zero-order valence-corrected chi connectivity index (χ0v) is 12.2. The van der Waals surface area contributed by atoms with Crippen LogP contribution in [0.15, 0.2) is 28.3 Å². The highest BCUT2D eigenvalue weighted by Crippen LogP contribution is 2.32.